The van der Waals surface area contributed by atoms with Crippen molar-refractivity contribution in [2.75, 3.05) is 0 Å². The Morgan fingerprint density at radius 2 is 2.14 bits per heavy atom. The number of benzene rings is 1. The fraction of sp³-hybridized carbons (Fsp3) is 0.300. The molecule has 0 atom stereocenters. The monoisotopic (exact) mass is 212 g/mol. The van der Waals surface area contributed by atoms with E-state index in [0.717, 1.165) is 0 Å². The van der Waals surface area contributed by atoms with Gasteiger partial charge in [0.2, 0.25) is 0 Å². The van der Waals surface area contributed by atoms with Crippen molar-refractivity contribution >= 4 is 22.6 Å². The van der Waals surface area contributed by atoms with E-state index in [1.807, 2.05) is 13.8 Å². The molecule has 0 amide bonds. The number of hydrogen-bond acceptors (Lipinski definition) is 1. The second kappa shape index (κ2) is 2.95. The van der Waals surface area contributed by atoms with Crippen molar-refractivity contribution in [3.8, 4) is 0 Å². The zero-order chi connectivity index (χ0) is 10.3. The Balaban J connectivity index is 2.69. The quantitative estimate of drug-likeness (QED) is 0.723. The summed E-state index contributed by atoms with van der Waals surface area (Å²) in [6, 6.07) is 4.77. The fourth-order valence-corrected chi connectivity index (χ4v) is 1.37. The van der Waals surface area contributed by atoms with Crippen LogP contribution in [0, 0.1) is 5.82 Å². The van der Waals surface area contributed by atoms with E-state index in [2.05, 4.69) is 9.97 Å². The van der Waals surface area contributed by atoms with Gasteiger partial charge in [-0.1, -0.05) is 6.07 Å². The van der Waals surface area contributed by atoms with Crippen LogP contribution in [0.2, 0.25) is 0 Å². The molecule has 0 aliphatic carbocycles. The molecule has 0 bridgehead atoms. The average molecular weight is 213 g/mol. The molecule has 2 aromatic rings. The Kier molecular flexibility index (Phi) is 2.00. The summed E-state index contributed by atoms with van der Waals surface area (Å²) in [7, 11) is 0. The predicted octanol–water partition coefficient (Wildman–Crippen LogP) is 3.18. The van der Waals surface area contributed by atoms with Gasteiger partial charge in [-0.05, 0) is 26.0 Å². The van der Waals surface area contributed by atoms with Crippen molar-refractivity contribution in [2.45, 2.75) is 18.7 Å². The second-order valence-corrected chi connectivity index (χ2v) is 4.64. The van der Waals surface area contributed by atoms with Gasteiger partial charge >= 0.3 is 0 Å². The summed E-state index contributed by atoms with van der Waals surface area (Å²) in [5.41, 5.74) is 1.02. The third-order valence-corrected chi connectivity index (χ3v) is 2.21. The van der Waals surface area contributed by atoms with Crippen molar-refractivity contribution in [3.05, 3.63) is 29.8 Å². The molecule has 1 N–H and O–H groups in total. The molecule has 0 aliphatic heterocycles. The van der Waals surface area contributed by atoms with Crippen LogP contribution < -0.4 is 0 Å². The maximum atomic E-state index is 13.3. The Bertz CT molecular complexity index is 470. The minimum Gasteiger partial charge on any atom is -0.338 e. The molecule has 0 unspecified atom stereocenters. The molecule has 1 aromatic heterocycles. The lowest BCUT2D eigenvalue weighted by molar-refractivity contribution is 0.635. The van der Waals surface area contributed by atoms with Gasteiger partial charge in [-0.2, -0.15) is 0 Å². The van der Waals surface area contributed by atoms with Crippen molar-refractivity contribution in [1.29, 1.82) is 0 Å². The van der Waals surface area contributed by atoms with Crippen LogP contribution in [0.1, 0.15) is 19.7 Å². The third-order valence-electron chi connectivity index (χ3n) is 2.03. The van der Waals surface area contributed by atoms with E-state index in [9.17, 15) is 4.39 Å². The van der Waals surface area contributed by atoms with Crippen LogP contribution in [0.5, 0.6) is 0 Å². The third kappa shape index (κ3) is 1.48. The van der Waals surface area contributed by atoms with Gasteiger partial charge in [0.25, 0.3) is 0 Å². The smallest absolute Gasteiger partial charge is 0.148 e. The number of aromatic amines is 1. The molecule has 1 aromatic carbocycles. The maximum absolute atomic E-state index is 13.3. The van der Waals surface area contributed by atoms with Gasteiger partial charge in [-0.25, -0.2) is 9.37 Å². The Hall–Kier alpha value is -1.09. The number of aromatic nitrogens is 2. The van der Waals surface area contributed by atoms with Gasteiger partial charge in [-0.3, -0.25) is 0 Å². The average Bonchev–Trinajstić information content (AvgIpc) is 2.48. The van der Waals surface area contributed by atoms with Gasteiger partial charge in [-0.15, -0.1) is 11.6 Å². The summed E-state index contributed by atoms with van der Waals surface area (Å²) in [5.74, 6) is 0.279. The van der Waals surface area contributed by atoms with E-state index in [1.54, 1.807) is 12.1 Å². The molecule has 2 nitrogen and oxygen atoms in total. The van der Waals surface area contributed by atoms with Crippen molar-refractivity contribution < 1.29 is 4.39 Å². The highest BCUT2D eigenvalue weighted by atomic mass is 35.5. The molecule has 0 saturated carbocycles. The van der Waals surface area contributed by atoms with E-state index in [4.69, 9.17) is 11.6 Å². The first-order chi connectivity index (χ1) is 6.48. The highest BCUT2D eigenvalue weighted by Gasteiger charge is 2.21. The lowest BCUT2D eigenvalue weighted by atomic mass is 10.2. The first-order valence-corrected chi connectivity index (χ1v) is 4.70. The summed E-state index contributed by atoms with van der Waals surface area (Å²) in [6.07, 6.45) is 0. The summed E-state index contributed by atoms with van der Waals surface area (Å²) < 4.78 is 13.3. The molecule has 0 aliphatic rings. The molecule has 4 heteroatoms. The molecule has 14 heavy (non-hydrogen) atoms. The van der Waals surface area contributed by atoms with Gasteiger partial charge in [0, 0.05) is 0 Å². The lowest BCUT2D eigenvalue weighted by Crippen LogP contribution is -2.09. The normalized spacial score (nSPS) is 12.3. The summed E-state index contributed by atoms with van der Waals surface area (Å²) in [6.45, 7) is 3.62. The number of fused-ring (bicyclic) bond motifs is 1. The molecular weight excluding hydrogens is 203 g/mol. The zero-order valence-electron chi connectivity index (χ0n) is 7.94. The first kappa shape index (κ1) is 9.46. The summed E-state index contributed by atoms with van der Waals surface area (Å²) in [5, 5.41) is 0. The number of halogens is 2. The molecule has 0 fully saturated rings. The predicted molar refractivity (Wildman–Crippen MR) is 54.9 cm³/mol. The number of rotatable bonds is 1. The molecule has 0 saturated heterocycles. The van der Waals surface area contributed by atoms with Crippen LogP contribution in [0.15, 0.2) is 18.2 Å². The van der Waals surface area contributed by atoms with Gasteiger partial charge in [0.1, 0.15) is 17.2 Å². The minimum atomic E-state index is -0.606. The van der Waals surface area contributed by atoms with E-state index in [0.29, 0.717) is 16.9 Å². The molecule has 0 spiro atoms. The Morgan fingerprint density at radius 3 is 2.71 bits per heavy atom. The molecule has 0 radical (unpaired) electrons. The number of alkyl halides is 1. The van der Waals surface area contributed by atoms with Crippen LogP contribution in [-0.4, -0.2) is 9.97 Å². The number of H-pyrrole nitrogens is 1. The summed E-state index contributed by atoms with van der Waals surface area (Å²) in [4.78, 5) is 6.50. The van der Waals surface area contributed by atoms with Crippen molar-refractivity contribution in [2.24, 2.45) is 0 Å². The summed E-state index contributed by atoms with van der Waals surface area (Å²) >= 11 is 6.07. The van der Waals surface area contributed by atoms with Gasteiger partial charge in [0.05, 0.1) is 10.4 Å². The van der Waals surface area contributed by atoms with Crippen molar-refractivity contribution in [3.63, 3.8) is 0 Å². The highest BCUT2D eigenvalue weighted by Crippen LogP contribution is 2.27. The number of hydrogen-bond donors (Lipinski definition) is 1. The standard InChI is InChI=1S/C10H10ClFN2/c1-10(2,11)9-13-7-5-3-4-6(12)8(7)14-9/h3-5H,1-2H3,(H,13,14). The molecule has 1 heterocycles. The second-order valence-electron chi connectivity index (χ2n) is 3.69. The number of nitrogens with zero attached hydrogens (tertiary/aromatic N) is 1. The number of imidazole rings is 1. The van der Waals surface area contributed by atoms with Crippen LogP contribution in [0.4, 0.5) is 4.39 Å². The maximum Gasteiger partial charge on any atom is 0.148 e. The van der Waals surface area contributed by atoms with Crippen LogP contribution in [0.25, 0.3) is 11.0 Å². The van der Waals surface area contributed by atoms with E-state index >= 15 is 0 Å². The van der Waals surface area contributed by atoms with Crippen LogP contribution >= 0.6 is 11.6 Å². The largest absolute Gasteiger partial charge is 0.338 e. The van der Waals surface area contributed by atoms with Gasteiger partial charge < -0.3 is 4.98 Å². The SMILES string of the molecule is CC(C)(Cl)c1nc2cccc(F)c2[nH]1. The Labute approximate surface area is 86.1 Å². The van der Waals surface area contributed by atoms with Gasteiger partial charge in [0.15, 0.2) is 0 Å². The highest BCUT2D eigenvalue weighted by molar-refractivity contribution is 6.23. The van der Waals surface area contributed by atoms with E-state index in [-0.39, 0.29) is 5.82 Å². The molecule has 2 rings (SSSR count). The van der Waals surface area contributed by atoms with E-state index < -0.39 is 4.87 Å². The van der Waals surface area contributed by atoms with Crippen LogP contribution in [0.3, 0.4) is 0 Å². The number of para-hydroxylation sites is 1. The topological polar surface area (TPSA) is 28.7 Å². The van der Waals surface area contributed by atoms with Crippen molar-refractivity contribution in [1.82, 2.24) is 9.97 Å². The van der Waals surface area contributed by atoms with E-state index in [1.165, 1.54) is 6.07 Å². The fourth-order valence-electron chi connectivity index (χ4n) is 1.28. The van der Waals surface area contributed by atoms with Crippen LogP contribution in [-0.2, 0) is 4.87 Å². The Morgan fingerprint density at radius 1 is 1.43 bits per heavy atom. The lowest BCUT2D eigenvalue weighted by Gasteiger charge is -2.10. The number of nitrogens with one attached hydrogen (secondary N) is 1. The minimum absolute atomic E-state index is 0.304. The molecule has 74 valence electrons. The first-order valence-electron chi connectivity index (χ1n) is 4.32. The zero-order valence-corrected chi connectivity index (χ0v) is 8.69. The molecular formula is C10H10ClFN2.